The molecule has 1 aliphatic carbocycles. The fraction of sp³-hybridized carbons (Fsp3) is 0.700. The van der Waals surface area contributed by atoms with E-state index < -0.39 is 0 Å². The van der Waals surface area contributed by atoms with Crippen LogP contribution < -0.4 is 5.32 Å². The van der Waals surface area contributed by atoms with Crippen molar-refractivity contribution in [2.24, 2.45) is 12.5 Å². The smallest absolute Gasteiger partial charge is 0.202 e. The third-order valence-electron chi connectivity index (χ3n) is 3.04. The minimum absolute atomic E-state index is 0.294. The molecule has 0 aliphatic heterocycles. The topological polar surface area (TPSA) is 50.1 Å². The van der Waals surface area contributed by atoms with Gasteiger partial charge in [0.1, 0.15) is 0 Å². The van der Waals surface area contributed by atoms with Gasteiger partial charge in [-0.05, 0) is 24.7 Å². The first-order valence-corrected chi connectivity index (χ1v) is 5.08. The van der Waals surface area contributed by atoms with Gasteiger partial charge in [-0.3, -0.25) is 0 Å². The Kier molecular flexibility index (Phi) is 2.46. The van der Waals surface area contributed by atoms with Crippen LogP contribution in [-0.2, 0) is 7.05 Å². The van der Waals surface area contributed by atoms with Crippen molar-refractivity contribution in [1.29, 1.82) is 0 Å². The molecule has 1 aromatic rings. The van der Waals surface area contributed by atoms with E-state index in [1.54, 1.807) is 6.20 Å². The molecule has 2 rings (SSSR count). The Morgan fingerprint density at radius 2 is 2.43 bits per heavy atom. The minimum atomic E-state index is 0.294. The van der Waals surface area contributed by atoms with Crippen LogP contribution in [0, 0.1) is 5.41 Å². The van der Waals surface area contributed by atoms with Crippen molar-refractivity contribution in [3.8, 4) is 0 Å². The Labute approximate surface area is 84.0 Å². The molecule has 1 aliphatic rings. The van der Waals surface area contributed by atoms with Crippen LogP contribution in [0.4, 0.5) is 5.95 Å². The highest BCUT2D eigenvalue weighted by atomic mass is 16.3. The van der Waals surface area contributed by atoms with Crippen molar-refractivity contribution in [3.63, 3.8) is 0 Å². The first-order chi connectivity index (χ1) is 6.76. The second kappa shape index (κ2) is 3.61. The zero-order valence-electron chi connectivity index (χ0n) is 8.53. The van der Waals surface area contributed by atoms with Crippen LogP contribution in [0.2, 0.25) is 0 Å². The van der Waals surface area contributed by atoms with Crippen LogP contribution in [0.3, 0.4) is 0 Å². The quantitative estimate of drug-likeness (QED) is 0.736. The number of aliphatic hydroxyl groups is 1. The highest BCUT2D eigenvalue weighted by Crippen LogP contribution is 2.48. The minimum Gasteiger partial charge on any atom is -0.396 e. The van der Waals surface area contributed by atoms with Gasteiger partial charge in [-0.1, -0.05) is 0 Å². The summed E-state index contributed by atoms with van der Waals surface area (Å²) in [7, 11) is 1.97. The zero-order chi connectivity index (χ0) is 10.0. The molecule has 0 spiro atoms. The second-order valence-electron chi connectivity index (χ2n) is 4.19. The number of imidazole rings is 1. The highest BCUT2D eigenvalue weighted by molar-refractivity contribution is 5.26. The van der Waals surface area contributed by atoms with E-state index in [4.69, 9.17) is 5.11 Å². The molecule has 1 heterocycles. The summed E-state index contributed by atoms with van der Waals surface area (Å²) >= 11 is 0. The Hall–Kier alpha value is -1.03. The van der Waals surface area contributed by atoms with E-state index in [0.717, 1.165) is 18.9 Å². The van der Waals surface area contributed by atoms with E-state index in [-0.39, 0.29) is 0 Å². The molecule has 0 amide bonds. The standard InChI is InChI=1S/C10H17N3O/c1-13-6-5-11-9(13)12-8-10(2-3-10)4-7-14/h5-6,14H,2-4,7-8H2,1H3,(H,11,12). The number of aryl methyl sites for hydroxylation is 1. The highest BCUT2D eigenvalue weighted by Gasteiger charge is 2.41. The molecule has 4 heteroatoms. The SMILES string of the molecule is Cn1ccnc1NCC1(CCO)CC1. The Bertz CT molecular complexity index is 304. The first kappa shape index (κ1) is 9.52. The maximum Gasteiger partial charge on any atom is 0.202 e. The van der Waals surface area contributed by atoms with Gasteiger partial charge in [-0.15, -0.1) is 0 Å². The molecular weight excluding hydrogens is 178 g/mol. The molecule has 1 fully saturated rings. The summed E-state index contributed by atoms with van der Waals surface area (Å²) in [5.74, 6) is 0.911. The average Bonchev–Trinajstić information content (AvgIpc) is 2.81. The number of nitrogens with one attached hydrogen (secondary N) is 1. The monoisotopic (exact) mass is 195 g/mol. The van der Waals surface area contributed by atoms with Gasteiger partial charge in [-0.25, -0.2) is 4.98 Å². The summed E-state index contributed by atoms with van der Waals surface area (Å²) in [6.45, 7) is 1.22. The molecule has 14 heavy (non-hydrogen) atoms. The van der Waals surface area contributed by atoms with Gasteiger partial charge >= 0.3 is 0 Å². The van der Waals surface area contributed by atoms with Gasteiger partial charge in [0.25, 0.3) is 0 Å². The van der Waals surface area contributed by atoms with E-state index in [0.29, 0.717) is 12.0 Å². The van der Waals surface area contributed by atoms with Crippen LogP contribution >= 0.6 is 0 Å². The van der Waals surface area contributed by atoms with E-state index in [9.17, 15) is 0 Å². The third kappa shape index (κ3) is 1.90. The maximum atomic E-state index is 8.91. The lowest BCUT2D eigenvalue weighted by Crippen LogP contribution is -2.18. The molecule has 4 nitrogen and oxygen atoms in total. The largest absolute Gasteiger partial charge is 0.396 e. The van der Waals surface area contributed by atoms with Crippen molar-refractivity contribution in [2.75, 3.05) is 18.5 Å². The summed E-state index contributed by atoms with van der Waals surface area (Å²) in [6, 6.07) is 0. The molecule has 0 radical (unpaired) electrons. The van der Waals surface area contributed by atoms with Crippen molar-refractivity contribution in [1.82, 2.24) is 9.55 Å². The molecular formula is C10H17N3O. The summed E-state index contributed by atoms with van der Waals surface area (Å²) in [5.41, 5.74) is 0.348. The predicted molar refractivity (Wildman–Crippen MR) is 55.1 cm³/mol. The normalized spacial score (nSPS) is 18.1. The fourth-order valence-electron chi connectivity index (χ4n) is 1.73. The Balaban J connectivity index is 1.86. The lowest BCUT2D eigenvalue weighted by atomic mass is 10.0. The Morgan fingerprint density at radius 3 is 2.93 bits per heavy atom. The van der Waals surface area contributed by atoms with E-state index in [2.05, 4.69) is 10.3 Å². The number of hydrogen-bond acceptors (Lipinski definition) is 3. The maximum absolute atomic E-state index is 8.91. The molecule has 2 N–H and O–H groups in total. The number of anilines is 1. The molecule has 0 atom stereocenters. The number of rotatable bonds is 5. The summed E-state index contributed by atoms with van der Waals surface area (Å²) < 4.78 is 1.97. The van der Waals surface area contributed by atoms with Gasteiger partial charge < -0.3 is 15.0 Å². The van der Waals surface area contributed by atoms with Crippen molar-refractivity contribution in [2.45, 2.75) is 19.3 Å². The van der Waals surface area contributed by atoms with Gasteiger partial charge in [0.15, 0.2) is 0 Å². The molecule has 0 bridgehead atoms. The van der Waals surface area contributed by atoms with Crippen molar-refractivity contribution >= 4 is 5.95 Å². The number of nitrogens with zero attached hydrogens (tertiary/aromatic N) is 2. The molecule has 78 valence electrons. The molecule has 0 unspecified atom stereocenters. The third-order valence-corrected chi connectivity index (χ3v) is 3.04. The molecule has 0 aromatic carbocycles. The number of aromatic nitrogens is 2. The second-order valence-corrected chi connectivity index (χ2v) is 4.19. The van der Waals surface area contributed by atoms with Gasteiger partial charge in [0.05, 0.1) is 0 Å². The van der Waals surface area contributed by atoms with Gasteiger partial charge in [-0.2, -0.15) is 0 Å². The van der Waals surface area contributed by atoms with E-state index >= 15 is 0 Å². The van der Waals surface area contributed by atoms with Crippen molar-refractivity contribution in [3.05, 3.63) is 12.4 Å². The van der Waals surface area contributed by atoms with Crippen LogP contribution in [0.1, 0.15) is 19.3 Å². The summed E-state index contributed by atoms with van der Waals surface area (Å²) in [5, 5.41) is 12.2. The van der Waals surface area contributed by atoms with Crippen LogP contribution in [-0.4, -0.2) is 27.8 Å². The van der Waals surface area contributed by atoms with Gasteiger partial charge in [0.2, 0.25) is 5.95 Å². The van der Waals surface area contributed by atoms with Crippen molar-refractivity contribution < 1.29 is 5.11 Å². The van der Waals surface area contributed by atoms with Crippen LogP contribution in [0.5, 0.6) is 0 Å². The lowest BCUT2D eigenvalue weighted by Gasteiger charge is -2.14. The van der Waals surface area contributed by atoms with E-state index in [1.165, 1.54) is 12.8 Å². The van der Waals surface area contributed by atoms with Crippen LogP contribution in [0.25, 0.3) is 0 Å². The predicted octanol–water partition coefficient (Wildman–Crippen LogP) is 0.995. The van der Waals surface area contributed by atoms with Crippen LogP contribution in [0.15, 0.2) is 12.4 Å². The fourth-order valence-corrected chi connectivity index (χ4v) is 1.73. The summed E-state index contributed by atoms with van der Waals surface area (Å²) in [6.07, 6.45) is 7.07. The summed E-state index contributed by atoms with van der Waals surface area (Å²) in [4.78, 5) is 4.20. The first-order valence-electron chi connectivity index (χ1n) is 5.08. The molecule has 1 saturated carbocycles. The van der Waals surface area contributed by atoms with E-state index in [1.807, 2.05) is 17.8 Å². The van der Waals surface area contributed by atoms with Gasteiger partial charge in [0, 0.05) is 32.6 Å². The molecule has 0 saturated heterocycles. The number of aliphatic hydroxyl groups excluding tert-OH is 1. The average molecular weight is 195 g/mol. The lowest BCUT2D eigenvalue weighted by molar-refractivity contribution is 0.253. The number of hydrogen-bond donors (Lipinski definition) is 2. The Morgan fingerprint density at radius 1 is 1.64 bits per heavy atom. The molecule has 1 aromatic heterocycles. The zero-order valence-corrected chi connectivity index (χ0v) is 8.53.